The quantitative estimate of drug-likeness (QED) is 0.0172. The summed E-state index contributed by atoms with van der Waals surface area (Å²) in [6.07, 6.45) is 31.4. The van der Waals surface area contributed by atoms with E-state index in [2.05, 4.69) is 62.5 Å². The Bertz CT molecular complexity index is 1420. The highest BCUT2D eigenvalue weighted by atomic mass is 16.7. The van der Waals surface area contributed by atoms with Crippen LogP contribution in [-0.4, -0.2) is 142 Å². The second-order valence-electron chi connectivity index (χ2n) is 19.4. The van der Waals surface area contributed by atoms with Gasteiger partial charge in [-0.05, 0) is 51.4 Å². The Balaban J connectivity index is 1.77. The molecule has 2 heterocycles. The summed E-state index contributed by atoms with van der Waals surface area (Å²) >= 11 is 0. The molecule has 2 aliphatic heterocycles. The molecule has 0 aromatic rings. The summed E-state index contributed by atoms with van der Waals surface area (Å²) in [6, 6.07) is 0. The van der Waals surface area contributed by atoms with Crippen LogP contribution >= 0.6 is 0 Å². The summed E-state index contributed by atoms with van der Waals surface area (Å²) in [5.74, 6) is -0.968. The van der Waals surface area contributed by atoms with Crippen LogP contribution in [0.4, 0.5) is 0 Å². The van der Waals surface area contributed by atoms with Crippen molar-refractivity contribution in [1.29, 1.82) is 0 Å². The van der Waals surface area contributed by atoms with Gasteiger partial charge in [0.15, 0.2) is 18.7 Å². The lowest BCUT2D eigenvalue weighted by Gasteiger charge is -2.42. The first kappa shape index (κ1) is 64.6. The number of aliphatic hydroxyl groups excluding tert-OH is 7. The van der Waals surface area contributed by atoms with Crippen molar-refractivity contribution >= 4 is 11.9 Å². The molecule has 71 heavy (non-hydrogen) atoms. The number of hydrogen-bond donors (Lipinski definition) is 7. The number of unbranched alkanes of at least 4 members (excludes halogenated alkanes) is 21. The van der Waals surface area contributed by atoms with E-state index in [0.717, 1.165) is 57.8 Å². The van der Waals surface area contributed by atoms with Crippen LogP contribution in [0, 0.1) is 0 Å². The SMILES string of the molecule is CC/C=C/C/C=C/C/C=C/C/C=C/CCCCC(=O)O[C@@H](COC(=O)CCCCCCCCCCCCCCCCCCCCCC)CO[C@@H]1O[C@H](CO[C@@H]2O[C@H](CO)[C@H](O)C(O)C2O)[C@H](O)C(O)C1O. The van der Waals surface area contributed by atoms with E-state index in [1.165, 1.54) is 103 Å². The highest BCUT2D eigenvalue weighted by Gasteiger charge is 2.47. The zero-order valence-corrected chi connectivity index (χ0v) is 43.7. The number of rotatable bonds is 43. The first-order valence-corrected chi connectivity index (χ1v) is 27.7. The molecular weight excluding hydrogens is 913 g/mol. The normalized spacial score (nSPS) is 25.5. The molecule has 0 saturated carbocycles. The van der Waals surface area contributed by atoms with Crippen molar-refractivity contribution in [2.75, 3.05) is 26.4 Å². The number of carbonyl (C=O) groups is 2. The molecular formula is C56H98O15. The van der Waals surface area contributed by atoms with Crippen LogP contribution in [0.3, 0.4) is 0 Å². The third kappa shape index (κ3) is 30.4. The summed E-state index contributed by atoms with van der Waals surface area (Å²) < 4.78 is 33.6. The molecule has 2 rings (SSSR count). The van der Waals surface area contributed by atoms with Crippen molar-refractivity contribution < 1.29 is 73.8 Å². The summed E-state index contributed by atoms with van der Waals surface area (Å²) in [6.45, 7) is 2.45. The van der Waals surface area contributed by atoms with E-state index in [1.54, 1.807) is 0 Å². The van der Waals surface area contributed by atoms with Crippen LogP contribution in [0.5, 0.6) is 0 Å². The van der Waals surface area contributed by atoms with E-state index >= 15 is 0 Å². The largest absolute Gasteiger partial charge is 0.462 e. The molecule has 15 heteroatoms. The van der Waals surface area contributed by atoms with Gasteiger partial charge in [0, 0.05) is 12.8 Å². The zero-order valence-electron chi connectivity index (χ0n) is 43.7. The Kier molecular flexibility index (Phi) is 38.9. The minimum Gasteiger partial charge on any atom is -0.462 e. The molecule has 0 aromatic heterocycles. The molecule has 0 amide bonds. The number of hydrogen-bond acceptors (Lipinski definition) is 15. The molecule has 7 N–H and O–H groups in total. The van der Waals surface area contributed by atoms with Gasteiger partial charge in [-0.25, -0.2) is 0 Å². The van der Waals surface area contributed by atoms with E-state index < -0.39 is 99.3 Å². The van der Waals surface area contributed by atoms with Crippen molar-refractivity contribution in [2.45, 2.75) is 268 Å². The first-order chi connectivity index (χ1) is 34.5. The molecule has 0 bridgehead atoms. The maximum absolute atomic E-state index is 13.0. The second kappa shape index (κ2) is 42.8. The van der Waals surface area contributed by atoms with Crippen molar-refractivity contribution in [3.8, 4) is 0 Å². The Morgan fingerprint density at radius 1 is 0.465 bits per heavy atom. The van der Waals surface area contributed by atoms with E-state index in [1.807, 2.05) is 0 Å². The van der Waals surface area contributed by atoms with E-state index in [-0.39, 0.29) is 19.4 Å². The van der Waals surface area contributed by atoms with Gasteiger partial charge < -0.3 is 64.2 Å². The third-order valence-corrected chi connectivity index (χ3v) is 13.1. The molecule has 15 nitrogen and oxygen atoms in total. The molecule has 11 atom stereocenters. The number of aliphatic hydroxyl groups is 7. The van der Waals surface area contributed by atoms with Gasteiger partial charge in [0.05, 0.1) is 19.8 Å². The predicted molar refractivity (Wildman–Crippen MR) is 275 cm³/mol. The van der Waals surface area contributed by atoms with Gasteiger partial charge in [0.2, 0.25) is 0 Å². The minimum absolute atomic E-state index is 0.113. The number of ether oxygens (including phenoxy) is 6. The standard InChI is InChI=1S/C56H98O15/c1-3-5-7-9-11-13-15-17-19-20-21-22-23-25-26-28-30-32-34-36-38-47(58)66-41-44(69-48(59)39-37-35-33-31-29-27-24-18-16-14-12-10-8-6-4-2)42-67-55-54(65)52(63)50(61)46(71-55)43-68-56-53(64)51(62)49(60)45(40-57)70-56/h6,8,12,14,18,24,29,31,44-46,49-57,60-65H,3-5,7,9-11,13,15-17,19-23,25-28,30,32-43H2,1-2H3/b8-6+,14-12+,24-18+,31-29+/t44-,45+,46+,49-,50-,51?,52?,53?,54?,55+,56+/m0/s1. The highest BCUT2D eigenvalue weighted by molar-refractivity contribution is 5.70. The van der Waals surface area contributed by atoms with E-state index in [4.69, 9.17) is 28.4 Å². The average molecular weight is 1010 g/mol. The summed E-state index contributed by atoms with van der Waals surface area (Å²) in [4.78, 5) is 25.8. The van der Waals surface area contributed by atoms with Crippen molar-refractivity contribution in [1.82, 2.24) is 0 Å². The van der Waals surface area contributed by atoms with Crippen LogP contribution in [0.1, 0.15) is 200 Å². The maximum atomic E-state index is 13.0. The molecule has 412 valence electrons. The molecule has 0 radical (unpaired) electrons. The number of carbonyl (C=O) groups excluding carboxylic acids is 2. The van der Waals surface area contributed by atoms with Crippen molar-refractivity contribution in [2.24, 2.45) is 0 Å². The summed E-state index contributed by atoms with van der Waals surface area (Å²) in [5, 5.41) is 72.2. The van der Waals surface area contributed by atoms with Gasteiger partial charge in [-0.3, -0.25) is 9.59 Å². The summed E-state index contributed by atoms with van der Waals surface area (Å²) in [7, 11) is 0. The fourth-order valence-corrected chi connectivity index (χ4v) is 8.56. The Hall–Kier alpha value is -2.54. The predicted octanol–water partition coefficient (Wildman–Crippen LogP) is 8.66. The second-order valence-corrected chi connectivity index (χ2v) is 19.4. The fourth-order valence-electron chi connectivity index (χ4n) is 8.56. The molecule has 0 aromatic carbocycles. The lowest BCUT2D eigenvalue weighted by atomic mass is 9.98. The maximum Gasteiger partial charge on any atom is 0.306 e. The molecule has 2 saturated heterocycles. The van der Waals surface area contributed by atoms with Crippen LogP contribution in [0.15, 0.2) is 48.6 Å². The van der Waals surface area contributed by atoms with Crippen molar-refractivity contribution in [3.05, 3.63) is 48.6 Å². The van der Waals surface area contributed by atoms with Crippen LogP contribution in [-0.2, 0) is 38.0 Å². The Morgan fingerprint density at radius 3 is 1.39 bits per heavy atom. The smallest absolute Gasteiger partial charge is 0.306 e. The van der Waals surface area contributed by atoms with Crippen molar-refractivity contribution in [3.63, 3.8) is 0 Å². The topological polar surface area (TPSA) is 231 Å². The fraction of sp³-hybridized carbons (Fsp3) is 0.821. The lowest BCUT2D eigenvalue weighted by molar-refractivity contribution is -0.332. The Labute approximate surface area is 427 Å². The first-order valence-electron chi connectivity index (χ1n) is 27.7. The molecule has 2 fully saturated rings. The van der Waals surface area contributed by atoms with Gasteiger partial charge in [0.25, 0.3) is 0 Å². The van der Waals surface area contributed by atoms with Crippen LogP contribution in [0.25, 0.3) is 0 Å². The van der Waals surface area contributed by atoms with Gasteiger partial charge >= 0.3 is 11.9 Å². The number of esters is 2. The molecule has 4 unspecified atom stereocenters. The monoisotopic (exact) mass is 1010 g/mol. The van der Waals surface area contributed by atoms with E-state index in [9.17, 15) is 45.3 Å². The zero-order chi connectivity index (χ0) is 51.7. The summed E-state index contributed by atoms with van der Waals surface area (Å²) in [5.41, 5.74) is 0. The van der Waals surface area contributed by atoms with Gasteiger partial charge in [-0.1, -0.05) is 184 Å². The van der Waals surface area contributed by atoms with Gasteiger partial charge in [-0.15, -0.1) is 0 Å². The highest BCUT2D eigenvalue weighted by Crippen LogP contribution is 2.27. The molecule has 2 aliphatic rings. The Morgan fingerprint density at radius 2 is 0.887 bits per heavy atom. The van der Waals surface area contributed by atoms with E-state index in [0.29, 0.717) is 12.8 Å². The number of allylic oxidation sites excluding steroid dienone is 8. The average Bonchev–Trinajstić information content (AvgIpc) is 3.36. The van der Waals surface area contributed by atoms with Gasteiger partial charge in [-0.2, -0.15) is 0 Å². The molecule has 0 aliphatic carbocycles. The lowest BCUT2D eigenvalue weighted by Crippen LogP contribution is -2.61. The van der Waals surface area contributed by atoms with Crippen LogP contribution in [0.2, 0.25) is 0 Å². The minimum atomic E-state index is -1.77. The molecule has 0 spiro atoms. The third-order valence-electron chi connectivity index (χ3n) is 13.1. The van der Waals surface area contributed by atoms with Crippen LogP contribution < -0.4 is 0 Å². The van der Waals surface area contributed by atoms with Gasteiger partial charge in [0.1, 0.15) is 55.4 Å².